The summed E-state index contributed by atoms with van der Waals surface area (Å²) in [5.74, 6) is 3.15. The van der Waals surface area contributed by atoms with Crippen LogP contribution in [0.3, 0.4) is 0 Å². The van der Waals surface area contributed by atoms with Gasteiger partial charge in [-0.25, -0.2) is 0 Å². The van der Waals surface area contributed by atoms with Crippen molar-refractivity contribution in [1.29, 1.82) is 0 Å². The van der Waals surface area contributed by atoms with Gasteiger partial charge in [-0.15, -0.1) is 6.42 Å². The number of terminal acetylenes is 1. The summed E-state index contributed by atoms with van der Waals surface area (Å²) in [6.07, 6.45) is 6.91. The van der Waals surface area contributed by atoms with Crippen LogP contribution in [0.5, 0.6) is 11.5 Å². The second kappa shape index (κ2) is 8.45. The number of nitrogens with zero attached hydrogens (tertiary/aromatic N) is 1. The average molecular weight is 424 g/mol. The minimum absolute atomic E-state index is 0.116. The molecule has 0 radical (unpaired) electrons. The summed E-state index contributed by atoms with van der Waals surface area (Å²) in [4.78, 5) is 26.0. The first-order valence-electron chi connectivity index (χ1n) is 7.68. The van der Waals surface area contributed by atoms with Crippen molar-refractivity contribution < 1.29 is 19.1 Å². The van der Waals surface area contributed by atoms with Crippen LogP contribution in [-0.2, 0) is 4.79 Å². The molecule has 2 rings (SSSR count). The van der Waals surface area contributed by atoms with Gasteiger partial charge in [0.1, 0.15) is 6.61 Å². The molecule has 1 aliphatic rings. The number of carbonyl (C=O) groups excluding carboxylic acids is 2. The molecule has 0 N–H and O–H groups in total. The van der Waals surface area contributed by atoms with Gasteiger partial charge in [0.25, 0.3) is 11.1 Å². The molecule has 1 aliphatic heterocycles. The zero-order valence-electron chi connectivity index (χ0n) is 14.2. The highest BCUT2D eigenvalue weighted by atomic mass is 79.9. The first-order chi connectivity index (χ1) is 11.9. The van der Waals surface area contributed by atoms with Gasteiger partial charge in [-0.3, -0.25) is 14.5 Å². The molecule has 1 saturated heterocycles. The Morgan fingerprint density at radius 3 is 2.64 bits per heavy atom. The van der Waals surface area contributed by atoms with Crippen molar-refractivity contribution in [3.05, 3.63) is 27.1 Å². The lowest BCUT2D eigenvalue weighted by Crippen LogP contribution is -2.34. The molecule has 1 fully saturated rings. The normalized spacial score (nSPS) is 15.8. The lowest BCUT2D eigenvalue weighted by atomic mass is 10.1. The third-order valence-corrected chi connectivity index (χ3v) is 4.74. The standard InChI is InChI=1S/C18H18BrNO4S/c1-5-7-24-16-13(19)8-12(9-14(16)23-6-2)10-15-17(21)20(11(3)4)18(22)25-15/h1,8-11H,6-7H2,2-4H3/b15-10+. The number of ether oxygens (including phenoxy) is 2. The molecule has 25 heavy (non-hydrogen) atoms. The molecule has 5 nitrogen and oxygen atoms in total. The van der Waals surface area contributed by atoms with Crippen LogP contribution in [0.1, 0.15) is 26.3 Å². The third-order valence-electron chi connectivity index (χ3n) is 3.27. The summed E-state index contributed by atoms with van der Waals surface area (Å²) in [6.45, 7) is 6.04. The molecule has 0 unspecified atom stereocenters. The fourth-order valence-electron chi connectivity index (χ4n) is 2.26. The fourth-order valence-corrected chi connectivity index (χ4v) is 3.80. The Morgan fingerprint density at radius 2 is 2.08 bits per heavy atom. The summed E-state index contributed by atoms with van der Waals surface area (Å²) in [5.41, 5.74) is 0.720. The maximum absolute atomic E-state index is 12.4. The minimum atomic E-state index is -0.285. The molecule has 1 aromatic rings. The monoisotopic (exact) mass is 423 g/mol. The highest BCUT2D eigenvalue weighted by molar-refractivity contribution is 9.10. The predicted molar refractivity (Wildman–Crippen MR) is 103 cm³/mol. The summed E-state index contributed by atoms with van der Waals surface area (Å²) in [5, 5.41) is -0.260. The largest absolute Gasteiger partial charge is 0.490 e. The van der Waals surface area contributed by atoms with E-state index in [-0.39, 0.29) is 23.8 Å². The predicted octanol–water partition coefficient (Wildman–Crippen LogP) is 4.30. The molecule has 0 aromatic heterocycles. The summed E-state index contributed by atoms with van der Waals surface area (Å²) in [6, 6.07) is 3.37. The zero-order valence-corrected chi connectivity index (χ0v) is 16.6. The molecule has 0 spiro atoms. The molecule has 2 amide bonds. The minimum Gasteiger partial charge on any atom is -0.490 e. The van der Waals surface area contributed by atoms with Gasteiger partial charge in [0, 0.05) is 6.04 Å². The highest BCUT2D eigenvalue weighted by Crippen LogP contribution is 2.39. The topological polar surface area (TPSA) is 55.8 Å². The second-order valence-corrected chi connectivity index (χ2v) is 7.25. The Balaban J connectivity index is 2.39. The SMILES string of the molecule is C#CCOc1c(Br)cc(/C=C2/SC(=O)N(C(C)C)C2=O)cc1OCC. The van der Waals surface area contributed by atoms with E-state index >= 15 is 0 Å². The van der Waals surface area contributed by atoms with Gasteiger partial charge in [0.05, 0.1) is 16.0 Å². The lowest BCUT2D eigenvalue weighted by molar-refractivity contribution is -0.123. The van der Waals surface area contributed by atoms with Crippen LogP contribution >= 0.6 is 27.7 Å². The van der Waals surface area contributed by atoms with Crippen molar-refractivity contribution in [3.63, 3.8) is 0 Å². The van der Waals surface area contributed by atoms with E-state index in [0.717, 1.165) is 17.3 Å². The Morgan fingerprint density at radius 1 is 1.36 bits per heavy atom. The molecule has 7 heteroatoms. The van der Waals surface area contributed by atoms with Gasteiger partial charge >= 0.3 is 0 Å². The van der Waals surface area contributed by atoms with Crippen LogP contribution in [0.2, 0.25) is 0 Å². The first-order valence-corrected chi connectivity index (χ1v) is 9.29. The first kappa shape index (κ1) is 19.4. The van der Waals surface area contributed by atoms with E-state index in [9.17, 15) is 9.59 Å². The Bertz CT molecular complexity index is 767. The van der Waals surface area contributed by atoms with Gasteiger partial charge in [-0.1, -0.05) is 5.92 Å². The zero-order chi connectivity index (χ0) is 18.6. The summed E-state index contributed by atoms with van der Waals surface area (Å²) >= 11 is 4.37. The number of thioether (sulfide) groups is 1. The van der Waals surface area contributed by atoms with Gasteiger partial charge < -0.3 is 9.47 Å². The third kappa shape index (κ3) is 4.39. The number of hydrogen-bond acceptors (Lipinski definition) is 5. The van der Waals surface area contributed by atoms with Crippen molar-refractivity contribution in [2.45, 2.75) is 26.8 Å². The molecule has 0 aliphatic carbocycles. The molecule has 1 heterocycles. The van der Waals surface area contributed by atoms with E-state index in [1.54, 1.807) is 32.1 Å². The van der Waals surface area contributed by atoms with E-state index in [2.05, 4.69) is 21.9 Å². The summed E-state index contributed by atoms with van der Waals surface area (Å²) in [7, 11) is 0. The van der Waals surface area contributed by atoms with Crippen LogP contribution in [0.25, 0.3) is 6.08 Å². The van der Waals surface area contributed by atoms with Gasteiger partial charge in [-0.2, -0.15) is 0 Å². The number of halogens is 1. The molecular formula is C18H18BrNO4S. The second-order valence-electron chi connectivity index (χ2n) is 5.40. The van der Waals surface area contributed by atoms with Crippen LogP contribution in [-0.4, -0.2) is 35.3 Å². The number of benzene rings is 1. The van der Waals surface area contributed by atoms with Crippen molar-refractivity contribution in [1.82, 2.24) is 4.90 Å². The maximum Gasteiger partial charge on any atom is 0.293 e. The van der Waals surface area contributed by atoms with Crippen LogP contribution in [0.15, 0.2) is 21.5 Å². The summed E-state index contributed by atoms with van der Waals surface area (Å²) < 4.78 is 11.8. The van der Waals surface area contributed by atoms with Crippen molar-refractivity contribution in [2.24, 2.45) is 0 Å². The van der Waals surface area contributed by atoms with Gasteiger partial charge in [-0.05, 0) is 72.2 Å². The van der Waals surface area contributed by atoms with E-state index in [1.165, 1.54) is 4.90 Å². The Labute approximate surface area is 159 Å². The number of amides is 2. The number of imide groups is 1. The molecule has 0 saturated carbocycles. The quantitative estimate of drug-likeness (QED) is 0.504. The van der Waals surface area contributed by atoms with E-state index in [0.29, 0.717) is 27.5 Å². The Hall–Kier alpha value is -1.91. The van der Waals surface area contributed by atoms with Crippen LogP contribution in [0, 0.1) is 12.3 Å². The molecule has 0 atom stereocenters. The van der Waals surface area contributed by atoms with Crippen LogP contribution < -0.4 is 9.47 Å². The lowest BCUT2D eigenvalue weighted by Gasteiger charge is -2.16. The van der Waals surface area contributed by atoms with E-state index < -0.39 is 0 Å². The molecular weight excluding hydrogens is 406 g/mol. The van der Waals surface area contributed by atoms with Crippen molar-refractivity contribution in [3.8, 4) is 23.8 Å². The van der Waals surface area contributed by atoms with Gasteiger partial charge in [0.15, 0.2) is 11.5 Å². The van der Waals surface area contributed by atoms with Crippen molar-refractivity contribution >= 4 is 44.9 Å². The average Bonchev–Trinajstić information content (AvgIpc) is 2.81. The number of rotatable bonds is 6. The van der Waals surface area contributed by atoms with E-state index in [1.807, 2.05) is 6.92 Å². The number of carbonyl (C=O) groups is 2. The fraction of sp³-hybridized carbons (Fsp3) is 0.333. The maximum atomic E-state index is 12.4. The molecule has 132 valence electrons. The highest BCUT2D eigenvalue weighted by Gasteiger charge is 2.36. The smallest absolute Gasteiger partial charge is 0.293 e. The van der Waals surface area contributed by atoms with E-state index in [4.69, 9.17) is 15.9 Å². The van der Waals surface area contributed by atoms with Crippen molar-refractivity contribution in [2.75, 3.05) is 13.2 Å². The molecule has 1 aromatic carbocycles. The van der Waals surface area contributed by atoms with Gasteiger partial charge in [0.2, 0.25) is 0 Å². The number of hydrogen-bond donors (Lipinski definition) is 0. The Kier molecular flexibility index (Phi) is 6.57. The van der Waals surface area contributed by atoms with Crippen LogP contribution in [0.4, 0.5) is 4.79 Å². The molecule has 0 bridgehead atoms.